The van der Waals surface area contributed by atoms with Crippen molar-refractivity contribution in [1.29, 1.82) is 0 Å². The first-order chi connectivity index (χ1) is 15.0. The molecule has 0 atom stereocenters. The van der Waals surface area contributed by atoms with Crippen molar-refractivity contribution >= 4 is 28.4 Å². The first kappa shape index (κ1) is 21.0. The zero-order valence-corrected chi connectivity index (χ0v) is 17.9. The smallest absolute Gasteiger partial charge is 0.329 e. The molecule has 0 bridgehead atoms. The van der Waals surface area contributed by atoms with Gasteiger partial charge in [0.2, 0.25) is 0 Å². The Kier molecular flexibility index (Phi) is 5.97. The number of anilines is 2. The van der Waals surface area contributed by atoms with Gasteiger partial charge in [0.25, 0.3) is 0 Å². The molecule has 0 radical (unpaired) electrons. The number of hydrogen-bond donors (Lipinski definition) is 2. The molecule has 164 valence electrons. The molecule has 1 aromatic heterocycles. The van der Waals surface area contributed by atoms with Crippen molar-refractivity contribution < 1.29 is 9.18 Å². The number of urea groups is 1. The second-order valence-electron chi connectivity index (χ2n) is 7.76. The van der Waals surface area contributed by atoms with Crippen molar-refractivity contribution in [3.8, 4) is 0 Å². The van der Waals surface area contributed by atoms with E-state index in [0.717, 1.165) is 42.7 Å². The normalized spacial score (nSPS) is 13.7. The van der Waals surface area contributed by atoms with Gasteiger partial charge in [-0.2, -0.15) is 0 Å². The highest BCUT2D eigenvalue weighted by atomic mass is 19.1. The third kappa shape index (κ3) is 4.15. The number of benzene rings is 2. The Labute approximate surface area is 180 Å². The average Bonchev–Trinajstić information content (AvgIpc) is 3.37. The van der Waals surface area contributed by atoms with Crippen LogP contribution in [-0.4, -0.2) is 28.3 Å². The highest BCUT2D eigenvalue weighted by Gasteiger charge is 2.21. The number of imidazole rings is 1. The Morgan fingerprint density at radius 3 is 2.35 bits per heavy atom. The molecule has 2 heterocycles. The molecule has 1 aliphatic rings. The van der Waals surface area contributed by atoms with Crippen LogP contribution < -0.4 is 21.2 Å². The van der Waals surface area contributed by atoms with E-state index >= 15 is 0 Å². The molecule has 8 heteroatoms. The molecule has 1 fully saturated rings. The maximum absolute atomic E-state index is 13.4. The molecule has 0 saturated carbocycles. The fourth-order valence-electron chi connectivity index (χ4n) is 4.28. The molecule has 2 aromatic carbocycles. The lowest BCUT2D eigenvalue weighted by molar-refractivity contribution is 0.251. The Balaban J connectivity index is 1.66. The summed E-state index contributed by atoms with van der Waals surface area (Å²) < 4.78 is 16.9. The summed E-state index contributed by atoms with van der Waals surface area (Å²) in [5, 5.41) is 5.74. The number of rotatable bonds is 6. The Morgan fingerprint density at radius 2 is 1.71 bits per heavy atom. The third-order valence-corrected chi connectivity index (χ3v) is 5.81. The fraction of sp³-hybridized carbons (Fsp3) is 0.391. The van der Waals surface area contributed by atoms with Crippen molar-refractivity contribution in [3.63, 3.8) is 0 Å². The van der Waals surface area contributed by atoms with Gasteiger partial charge in [0.15, 0.2) is 0 Å². The number of hydrogen-bond acceptors (Lipinski definition) is 3. The number of nitrogens with one attached hydrogen (secondary N) is 2. The van der Waals surface area contributed by atoms with E-state index in [0.29, 0.717) is 24.3 Å². The minimum Gasteiger partial charge on any atom is -0.370 e. The van der Waals surface area contributed by atoms with Gasteiger partial charge in [0.1, 0.15) is 5.82 Å². The van der Waals surface area contributed by atoms with Crippen LogP contribution in [0.15, 0.2) is 41.2 Å². The predicted molar refractivity (Wildman–Crippen MR) is 121 cm³/mol. The van der Waals surface area contributed by atoms with Crippen LogP contribution in [-0.2, 0) is 19.6 Å². The van der Waals surface area contributed by atoms with Crippen molar-refractivity contribution in [1.82, 2.24) is 14.5 Å². The molecule has 0 aliphatic carbocycles. The van der Waals surface area contributed by atoms with Gasteiger partial charge in [-0.3, -0.25) is 9.13 Å². The Morgan fingerprint density at radius 1 is 1.03 bits per heavy atom. The van der Waals surface area contributed by atoms with Gasteiger partial charge < -0.3 is 15.5 Å². The van der Waals surface area contributed by atoms with Crippen LogP contribution in [0.5, 0.6) is 0 Å². The summed E-state index contributed by atoms with van der Waals surface area (Å²) in [6.07, 6.45) is 2.19. The zero-order chi connectivity index (χ0) is 22.0. The van der Waals surface area contributed by atoms with E-state index in [2.05, 4.69) is 15.5 Å². The van der Waals surface area contributed by atoms with Gasteiger partial charge in [-0.05, 0) is 56.5 Å². The van der Waals surface area contributed by atoms with Crippen LogP contribution in [0.4, 0.5) is 20.6 Å². The molecule has 7 nitrogen and oxygen atoms in total. The van der Waals surface area contributed by atoms with Crippen molar-refractivity contribution in [3.05, 3.63) is 58.3 Å². The largest absolute Gasteiger partial charge is 0.370 e. The quantitative estimate of drug-likeness (QED) is 0.629. The van der Waals surface area contributed by atoms with Gasteiger partial charge in [-0.25, -0.2) is 14.0 Å². The number of aromatic nitrogens is 2. The van der Waals surface area contributed by atoms with Crippen LogP contribution in [0.1, 0.15) is 32.3 Å². The van der Waals surface area contributed by atoms with Crippen LogP contribution in [0.2, 0.25) is 0 Å². The van der Waals surface area contributed by atoms with Gasteiger partial charge in [-0.15, -0.1) is 0 Å². The summed E-state index contributed by atoms with van der Waals surface area (Å²) in [5.74, 6) is -0.334. The summed E-state index contributed by atoms with van der Waals surface area (Å²) in [7, 11) is 0. The number of amides is 2. The molecule has 1 saturated heterocycles. The van der Waals surface area contributed by atoms with E-state index in [4.69, 9.17) is 0 Å². The molecular formula is C23H28FN5O2. The summed E-state index contributed by atoms with van der Waals surface area (Å²) in [6, 6.07) is 9.68. The molecule has 2 N–H and O–H groups in total. The number of carbonyl (C=O) groups excluding carboxylic acids is 1. The molecule has 1 aliphatic heterocycles. The molecular weight excluding hydrogens is 397 g/mol. The number of halogens is 1. The first-order valence-corrected chi connectivity index (χ1v) is 10.8. The Hall–Kier alpha value is -3.29. The highest BCUT2D eigenvalue weighted by Crippen LogP contribution is 2.33. The maximum atomic E-state index is 13.4. The van der Waals surface area contributed by atoms with E-state index < -0.39 is 0 Å². The third-order valence-electron chi connectivity index (χ3n) is 5.81. The van der Waals surface area contributed by atoms with Gasteiger partial charge in [0.05, 0.1) is 22.4 Å². The highest BCUT2D eigenvalue weighted by molar-refractivity contribution is 5.98. The lowest BCUT2D eigenvalue weighted by atomic mass is 10.2. The summed E-state index contributed by atoms with van der Waals surface area (Å²) in [4.78, 5) is 27.7. The molecule has 0 unspecified atom stereocenters. The minimum absolute atomic E-state index is 0.0416. The second kappa shape index (κ2) is 8.83. The second-order valence-corrected chi connectivity index (χ2v) is 7.76. The van der Waals surface area contributed by atoms with Crippen LogP contribution in [0, 0.1) is 5.82 Å². The van der Waals surface area contributed by atoms with E-state index in [1.54, 1.807) is 21.3 Å². The number of carbonyl (C=O) groups is 1. The zero-order valence-electron chi connectivity index (χ0n) is 17.9. The number of aryl methyl sites for hydroxylation is 2. The Bertz CT molecular complexity index is 1160. The van der Waals surface area contributed by atoms with Crippen molar-refractivity contribution in [2.75, 3.05) is 23.3 Å². The lowest BCUT2D eigenvalue weighted by Gasteiger charge is -2.22. The van der Waals surface area contributed by atoms with Crippen LogP contribution in [0.25, 0.3) is 11.0 Å². The average molecular weight is 426 g/mol. The van der Waals surface area contributed by atoms with Gasteiger partial charge in [-0.1, -0.05) is 12.1 Å². The van der Waals surface area contributed by atoms with Crippen LogP contribution >= 0.6 is 0 Å². The molecule has 4 rings (SSSR count). The fourth-order valence-corrected chi connectivity index (χ4v) is 4.28. The van der Waals surface area contributed by atoms with Crippen molar-refractivity contribution in [2.45, 2.75) is 46.3 Å². The predicted octanol–water partition coefficient (Wildman–Crippen LogP) is 3.90. The van der Waals surface area contributed by atoms with Gasteiger partial charge >= 0.3 is 11.7 Å². The van der Waals surface area contributed by atoms with Crippen LogP contribution in [0.3, 0.4) is 0 Å². The topological polar surface area (TPSA) is 71.3 Å². The van der Waals surface area contributed by atoms with Gasteiger partial charge in [0, 0.05) is 32.7 Å². The SMILES string of the molecule is CCn1c(=O)n(CC)c2cc(N3CCCC3)c(NC(=O)NCc3cccc(F)c3)cc21. The van der Waals surface area contributed by atoms with E-state index in [1.165, 1.54) is 12.1 Å². The number of nitrogens with zero attached hydrogens (tertiary/aromatic N) is 3. The lowest BCUT2D eigenvalue weighted by Crippen LogP contribution is -2.29. The molecule has 3 aromatic rings. The molecule has 0 spiro atoms. The van der Waals surface area contributed by atoms with Crippen molar-refractivity contribution in [2.24, 2.45) is 0 Å². The maximum Gasteiger partial charge on any atom is 0.329 e. The summed E-state index contributed by atoms with van der Waals surface area (Å²) in [5.41, 5.74) is 3.91. The monoisotopic (exact) mass is 425 g/mol. The van der Waals surface area contributed by atoms with E-state index in [9.17, 15) is 14.0 Å². The molecule has 31 heavy (non-hydrogen) atoms. The summed E-state index contributed by atoms with van der Waals surface area (Å²) >= 11 is 0. The standard InChI is InChI=1S/C23H28FN5O2/c1-3-28-20-13-18(26-22(30)25-15-16-8-7-9-17(24)12-16)19(27-10-5-6-11-27)14-21(20)29(4-2)23(28)31/h7-9,12-14H,3-6,10-11,15H2,1-2H3,(H2,25,26,30). The first-order valence-electron chi connectivity index (χ1n) is 10.8. The minimum atomic E-state index is -0.371. The number of fused-ring (bicyclic) bond motifs is 1. The molecule has 2 amide bonds. The van der Waals surface area contributed by atoms with E-state index in [1.807, 2.05) is 26.0 Å². The van der Waals surface area contributed by atoms with E-state index in [-0.39, 0.29) is 24.1 Å². The summed E-state index contributed by atoms with van der Waals surface area (Å²) in [6.45, 7) is 7.08.